The predicted molar refractivity (Wildman–Crippen MR) is 80.3 cm³/mol. The first kappa shape index (κ1) is 13.6. The van der Waals surface area contributed by atoms with E-state index in [0.29, 0.717) is 12.6 Å². The Hall–Kier alpha value is -0.840. The van der Waals surface area contributed by atoms with Crippen molar-refractivity contribution in [1.29, 1.82) is 0 Å². The highest BCUT2D eigenvalue weighted by Crippen LogP contribution is 2.24. The lowest BCUT2D eigenvalue weighted by Gasteiger charge is -2.11. The second-order valence-corrected chi connectivity index (χ2v) is 6.62. The molecule has 1 atom stereocenters. The van der Waals surface area contributed by atoms with Gasteiger partial charge in [-0.15, -0.1) is 11.3 Å². The van der Waals surface area contributed by atoms with Gasteiger partial charge in [-0.05, 0) is 59.7 Å². The van der Waals surface area contributed by atoms with Crippen molar-refractivity contribution in [2.45, 2.75) is 19.6 Å². The molecule has 0 radical (unpaired) electrons. The fourth-order valence-corrected chi connectivity index (χ4v) is 3.00. The number of nitrogens with one attached hydrogen (secondary N) is 1. The largest absolute Gasteiger partial charge is 0.488 e. The number of rotatable bonds is 5. The Balaban J connectivity index is 1.94. The van der Waals surface area contributed by atoms with Gasteiger partial charge >= 0.3 is 0 Å². The van der Waals surface area contributed by atoms with E-state index in [4.69, 9.17) is 4.74 Å². The van der Waals surface area contributed by atoms with Crippen LogP contribution >= 0.6 is 27.3 Å². The Morgan fingerprint density at radius 3 is 2.50 bits per heavy atom. The third kappa shape index (κ3) is 3.57. The van der Waals surface area contributed by atoms with Crippen LogP contribution in [0.25, 0.3) is 0 Å². The molecule has 2 nitrogen and oxygen atoms in total. The van der Waals surface area contributed by atoms with Crippen molar-refractivity contribution < 1.29 is 4.74 Å². The molecule has 4 heteroatoms. The van der Waals surface area contributed by atoms with E-state index in [0.717, 1.165) is 9.54 Å². The molecule has 0 aliphatic carbocycles. The first-order chi connectivity index (χ1) is 8.69. The van der Waals surface area contributed by atoms with Gasteiger partial charge in [0.2, 0.25) is 0 Å². The van der Waals surface area contributed by atoms with Gasteiger partial charge in [0.15, 0.2) is 0 Å². The summed E-state index contributed by atoms with van der Waals surface area (Å²) < 4.78 is 6.88. The molecule has 1 unspecified atom stereocenters. The summed E-state index contributed by atoms with van der Waals surface area (Å²) in [6.45, 7) is 2.76. The van der Waals surface area contributed by atoms with Crippen LogP contribution in [0.1, 0.15) is 23.4 Å². The molecule has 2 rings (SSSR count). The van der Waals surface area contributed by atoms with Crippen LogP contribution in [0.4, 0.5) is 0 Å². The van der Waals surface area contributed by atoms with Crippen molar-refractivity contribution >= 4 is 27.3 Å². The molecule has 0 saturated heterocycles. The fraction of sp³-hybridized carbons (Fsp3) is 0.286. The quantitative estimate of drug-likeness (QED) is 0.881. The molecule has 1 N–H and O–H groups in total. The minimum Gasteiger partial charge on any atom is -0.488 e. The van der Waals surface area contributed by atoms with E-state index < -0.39 is 0 Å². The summed E-state index contributed by atoms with van der Waals surface area (Å²) >= 11 is 5.15. The zero-order valence-electron chi connectivity index (χ0n) is 10.4. The number of hydrogen-bond acceptors (Lipinski definition) is 3. The van der Waals surface area contributed by atoms with Crippen LogP contribution in [0.15, 0.2) is 40.2 Å². The van der Waals surface area contributed by atoms with Gasteiger partial charge in [0.25, 0.3) is 0 Å². The highest BCUT2D eigenvalue weighted by Gasteiger charge is 2.03. The van der Waals surface area contributed by atoms with Gasteiger partial charge in [0, 0.05) is 10.9 Å². The highest BCUT2D eigenvalue weighted by molar-refractivity contribution is 9.11. The molecule has 0 aliphatic rings. The highest BCUT2D eigenvalue weighted by atomic mass is 79.9. The van der Waals surface area contributed by atoms with Crippen molar-refractivity contribution in [1.82, 2.24) is 5.32 Å². The molecule has 1 aromatic heterocycles. The summed E-state index contributed by atoms with van der Waals surface area (Å²) in [5, 5.41) is 3.22. The summed E-state index contributed by atoms with van der Waals surface area (Å²) in [6.07, 6.45) is 0. The summed E-state index contributed by atoms with van der Waals surface area (Å²) in [5.74, 6) is 0.909. The van der Waals surface area contributed by atoms with Crippen LogP contribution in [-0.2, 0) is 6.61 Å². The van der Waals surface area contributed by atoms with Crippen LogP contribution in [0.2, 0.25) is 0 Å². The smallest absolute Gasteiger partial charge is 0.122 e. The van der Waals surface area contributed by atoms with Crippen LogP contribution in [0, 0.1) is 0 Å². The molecular weight excluding hydrogens is 310 g/mol. The van der Waals surface area contributed by atoms with E-state index in [2.05, 4.69) is 46.4 Å². The Kier molecular flexibility index (Phi) is 4.80. The Bertz CT molecular complexity index is 495. The topological polar surface area (TPSA) is 21.3 Å². The molecule has 18 heavy (non-hydrogen) atoms. The van der Waals surface area contributed by atoms with Gasteiger partial charge in [0.1, 0.15) is 12.4 Å². The van der Waals surface area contributed by atoms with Crippen LogP contribution in [-0.4, -0.2) is 7.05 Å². The maximum atomic E-state index is 5.74. The van der Waals surface area contributed by atoms with Gasteiger partial charge in [-0.3, -0.25) is 0 Å². The Morgan fingerprint density at radius 1 is 1.22 bits per heavy atom. The second-order valence-electron chi connectivity index (χ2n) is 4.07. The average molecular weight is 326 g/mol. The van der Waals surface area contributed by atoms with Gasteiger partial charge in [-0.25, -0.2) is 0 Å². The average Bonchev–Trinajstić information content (AvgIpc) is 2.82. The van der Waals surface area contributed by atoms with Crippen molar-refractivity contribution in [2.24, 2.45) is 0 Å². The molecule has 1 heterocycles. The van der Waals surface area contributed by atoms with Crippen LogP contribution in [0.3, 0.4) is 0 Å². The third-order valence-electron chi connectivity index (χ3n) is 2.82. The van der Waals surface area contributed by atoms with E-state index in [1.807, 2.05) is 25.2 Å². The molecule has 1 aromatic carbocycles. The molecule has 0 fully saturated rings. The van der Waals surface area contributed by atoms with Gasteiger partial charge in [-0.1, -0.05) is 12.1 Å². The first-order valence-corrected chi connectivity index (χ1v) is 7.44. The maximum Gasteiger partial charge on any atom is 0.122 e. The van der Waals surface area contributed by atoms with Crippen LogP contribution in [0.5, 0.6) is 5.75 Å². The van der Waals surface area contributed by atoms with Crippen molar-refractivity contribution in [3.63, 3.8) is 0 Å². The standard InChI is InChI=1S/C14H16BrNOS/c1-10(16-2)11-3-5-12(6-4-11)17-9-13-7-8-14(15)18-13/h3-8,10,16H,9H2,1-2H3. The Morgan fingerprint density at radius 2 is 1.94 bits per heavy atom. The van der Waals surface area contributed by atoms with Crippen molar-refractivity contribution in [2.75, 3.05) is 7.05 Å². The molecule has 0 aliphatic heterocycles. The summed E-state index contributed by atoms with van der Waals surface area (Å²) in [5.41, 5.74) is 1.27. The summed E-state index contributed by atoms with van der Waals surface area (Å²) in [4.78, 5) is 1.22. The number of benzene rings is 1. The van der Waals surface area contributed by atoms with E-state index in [9.17, 15) is 0 Å². The monoisotopic (exact) mass is 325 g/mol. The third-order valence-corrected chi connectivity index (χ3v) is 4.42. The van der Waals surface area contributed by atoms with Crippen LogP contribution < -0.4 is 10.1 Å². The molecular formula is C14H16BrNOS. The number of hydrogen-bond donors (Lipinski definition) is 1. The zero-order valence-corrected chi connectivity index (χ0v) is 12.8. The van der Waals surface area contributed by atoms with E-state index >= 15 is 0 Å². The lowest BCUT2D eigenvalue weighted by Crippen LogP contribution is -2.11. The lowest BCUT2D eigenvalue weighted by molar-refractivity contribution is 0.309. The second kappa shape index (κ2) is 6.36. The normalized spacial score (nSPS) is 12.4. The molecule has 2 aromatic rings. The van der Waals surface area contributed by atoms with Crippen molar-refractivity contribution in [3.05, 3.63) is 50.6 Å². The lowest BCUT2D eigenvalue weighted by atomic mass is 10.1. The Labute approximate surface area is 120 Å². The minimum atomic E-state index is 0.368. The number of halogens is 1. The number of thiophene rings is 1. The molecule has 0 amide bonds. The van der Waals surface area contributed by atoms with E-state index in [1.165, 1.54) is 10.4 Å². The first-order valence-electron chi connectivity index (χ1n) is 5.83. The van der Waals surface area contributed by atoms with E-state index in [-0.39, 0.29) is 0 Å². The SMILES string of the molecule is CNC(C)c1ccc(OCc2ccc(Br)s2)cc1. The zero-order chi connectivity index (χ0) is 13.0. The number of ether oxygens (including phenoxy) is 1. The predicted octanol–water partition coefficient (Wildman–Crippen LogP) is 4.37. The van der Waals surface area contributed by atoms with Gasteiger partial charge in [0.05, 0.1) is 3.79 Å². The fourth-order valence-electron chi connectivity index (χ4n) is 1.60. The van der Waals surface area contributed by atoms with Gasteiger partial charge in [-0.2, -0.15) is 0 Å². The maximum absolute atomic E-state index is 5.74. The summed E-state index contributed by atoms with van der Waals surface area (Å²) in [7, 11) is 1.96. The van der Waals surface area contributed by atoms with Gasteiger partial charge < -0.3 is 10.1 Å². The van der Waals surface area contributed by atoms with Crippen molar-refractivity contribution in [3.8, 4) is 5.75 Å². The van der Waals surface area contributed by atoms with E-state index in [1.54, 1.807) is 11.3 Å². The molecule has 0 bridgehead atoms. The molecule has 0 spiro atoms. The summed E-state index contributed by atoms with van der Waals surface area (Å²) in [6, 6.07) is 12.7. The molecule has 96 valence electrons. The molecule has 0 saturated carbocycles. The minimum absolute atomic E-state index is 0.368.